The SMILES string of the molecule is Cc1nc(C)c(C(=O)N2CC[C@@H](Cc3cccc(C(N)=O)c3)C2)s1. The van der Waals surface area contributed by atoms with Crippen LogP contribution in [-0.4, -0.2) is 34.8 Å². The number of primary amides is 1. The topological polar surface area (TPSA) is 76.3 Å². The van der Waals surface area contributed by atoms with E-state index in [-0.39, 0.29) is 5.91 Å². The van der Waals surface area contributed by atoms with Crippen LogP contribution < -0.4 is 5.73 Å². The average Bonchev–Trinajstić information content (AvgIpc) is 3.13. The monoisotopic (exact) mass is 343 g/mol. The number of hydrogen-bond acceptors (Lipinski definition) is 4. The minimum atomic E-state index is -0.406. The number of aryl methyl sites for hydroxylation is 2. The summed E-state index contributed by atoms with van der Waals surface area (Å²) in [4.78, 5) is 31.0. The van der Waals surface area contributed by atoms with Crippen molar-refractivity contribution in [2.45, 2.75) is 26.7 Å². The van der Waals surface area contributed by atoms with Crippen molar-refractivity contribution >= 4 is 23.2 Å². The second-order valence-electron chi connectivity index (χ2n) is 6.32. The smallest absolute Gasteiger partial charge is 0.265 e. The molecule has 0 radical (unpaired) electrons. The summed E-state index contributed by atoms with van der Waals surface area (Å²) < 4.78 is 0. The zero-order chi connectivity index (χ0) is 17.3. The summed E-state index contributed by atoms with van der Waals surface area (Å²) in [6.45, 7) is 5.33. The van der Waals surface area contributed by atoms with Crippen LogP contribution in [0, 0.1) is 19.8 Å². The molecule has 1 fully saturated rings. The third kappa shape index (κ3) is 3.48. The van der Waals surface area contributed by atoms with Gasteiger partial charge in [-0.05, 0) is 50.3 Å². The van der Waals surface area contributed by atoms with Crippen LogP contribution in [0.3, 0.4) is 0 Å². The number of amides is 2. The van der Waals surface area contributed by atoms with Crippen molar-refractivity contribution in [1.82, 2.24) is 9.88 Å². The number of nitrogens with two attached hydrogens (primary N) is 1. The van der Waals surface area contributed by atoms with Gasteiger partial charge >= 0.3 is 0 Å². The highest BCUT2D eigenvalue weighted by Gasteiger charge is 2.29. The molecule has 1 saturated heterocycles. The van der Waals surface area contributed by atoms with E-state index in [1.807, 2.05) is 36.9 Å². The van der Waals surface area contributed by atoms with Crippen molar-refractivity contribution in [1.29, 1.82) is 0 Å². The molecule has 0 spiro atoms. The first kappa shape index (κ1) is 16.6. The summed E-state index contributed by atoms with van der Waals surface area (Å²) >= 11 is 1.47. The first-order valence-corrected chi connectivity index (χ1v) is 8.87. The largest absolute Gasteiger partial charge is 0.366 e. The van der Waals surface area contributed by atoms with E-state index in [0.29, 0.717) is 11.5 Å². The van der Waals surface area contributed by atoms with Gasteiger partial charge in [-0.2, -0.15) is 0 Å². The van der Waals surface area contributed by atoms with Gasteiger partial charge in [-0.25, -0.2) is 4.98 Å². The lowest BCUT2D eigenvalue weighted by Crippen LogP contribution is -2.28. The van der Waals surface area contributed by atoms with Crippen molar-refractivity contribution in [2.24, 2.45) is 11.7 Å². The fourth-order valence-corrected chi connectivity index (χ4v) is 4.13. The van der Waals surface area contributed by atoms with Gasteiger partial charge in [0.25, 0.3) is 5.91 Å². The summed E-state index contributed by atoms with van der Waals surface area (Å²) in [6.07, 6.45) is 1.83. The fraction of sp³-hybridized carbons (Fsp3) is 0.389. The summed E-state index contributed by atoms with van der Waals surface area (Å²) in [5, 5.41) is 0.926. The molecule has 1 aromatic carbocycles. The molecule has 2 heterocycles. The zero-order valence-electron chi connectivity index (χ0n) is 13.9. The lowest BCUT2D eigenvalue weighted by atomic mass is 9.97. The predicted octanol–water partition coefficient (Wildman–Crippen LogP) is 2.56. The number of aromatic nitrogens is 1. The standard InChI is InChI=1S/C18H21N3O2S/c1-11-16(24-12(2)20-11)18(23)21-7-6-14(10-21)8-13-4-3-5-15(9-13)17(19)22/h3-5,9,14H,6-8,10H2,1-2H3,(H2,19,22)/t14-/m0/s1. The second-order valence-corrected chi connectivity index (χ2v) is 7.53. The Bertz CT molecular complexity index is 784. The third-order valence-electron chi connectivity index (χ3n) is 4.41. The van der Waals surface area contributed by atoms with Crippen LogP contribution in [0.5, 0.6) is 0 Å². The van der Waals surface area contributed by atoms with Crippen LogP contribution in [0.15, 0.2) is 24.3 Å². The highest BCUT2D eigenvalue weighted by atomic mass is 32.1. The molecule has 2 aromatic rings. The van der Waals surface area contributed by atoms with Crippen LogP contribution in [-0.2, 0) is 6.42 Å². The Kier molecular flexibility index (Phi) is 4.66. The molecular weight excluding hydrogens is 322 g/mol. The van der Waals surface area contributed by atoms with Gasteiger partial charge in [0.1, 0.15) is 4.88 Å². The van der Waals surface area contributed by atoms with Crippen LogP contribution in [0.1, 0.15) is 42.7 Å². The number of thiazole rings is 1. The Balaban J connectivity index is 1.65. The van der Waals surface area contributed by atoms with Gasteiger partial charge < -0.3 is 10.6 Å². The molecule has 1 aromatic heterocycles. The lowest BCUT2D eigenvalue weighted by Gasteiger charge is -2.16. The van der Waals surface area contributed by atoms with E-state index in [9.17, 15) is 9.59 Å². The number of likely N-dealkylation sites (tertiary alicyclic amines) is 1. The molecule has 5 nitrogen and oxygen atoms in total. The maximum atomic E-state index is 12.7. The van der Waals surface area contributed by atoms with Crippen LogP contribution in [0.25, 0.3) is 0 Å². The van der Waals surface area contributed by atoms with Crippen LogP contribution in [0.2, 0.25) is 0 Å². The fourth-order valence-electron chi connectivity index (χ4n) is 3.24. The molecular formula is C18H21N3O2S. The van der Waals surface area contributed by atoms with Crippen LogP contribution in [0.4, 0.5) is 0 Å². The quantitative estimate of drug-likeness (QED) is 0.927. The predicted molar refractivity (Wildman–Crippen MR) is 94.3 cm³/mol. The van der Waals surface area contributed by atoms with E-state index < -0.39 is 5.91 Å². The van der Waals surface area contributed by atoms with E-state index in [0.717, 1.165) is 47.1 Å². The number of hydrogen-bond donors (Lipinski definition) is 1. The normalized spacial score (nSPS) is 17.2. The van der Waals surface area contributed by atoms with Gasteiger partial charge in [0.2, 0.25) is 5.91 Å². The van der Waals surface area contributed by atoms with E-state index in [4.69, 9.17) is 5.73 Å². The van der Waals surface area contributed by atoms with Gasteiger partial charge in [0.05, 0.1) is 10.7 Å². The molecule has 1 atom stereocenters. The van der Waals surface area contributed by atoms with E-state index in [1.165, 1.54) is 11.3 Å². The molecule has 2 amide bonds. The molecule has 6 heteroatoms. The minimum Gasteiger partial charge on any atom is -0.366 e. The molecule has 24 heavy (non-hydrogen) atoms. The molecule has 0 bridgehead atoms. The summed E-state index contributed by atoms with van der Waals surface area (Å²) in [5.74, 6) is 0.0917. The van der Waals surface area contributed by atoms with Gasteiger partial charge in [-0.3, -0.25) is 9.59 Å². The Morgan fingerprint density at radius 2 is 2.17 bits per heavy atom. The van der Waals surface area contributed by atoms with E-state index >= 15 is 0 Å². The van der Waals surface area contributed by atoms with Crippen molar-refractivity contribution in [2.75, 3.05) is 13.1 Å². The molecule has 2 N–H and O–H groups in total. The van der Waals surface area contributed by atoms with Crippen molar-refractivity contribution in [3.05, 3.63) is 51.0 Å². The number of carbonyl (C=O) groups is 2. The molecule has 0 unspecified atom stereocenters. The van der Waals surface area contributed by atoms with Gasteiger partial charge in [-0.1, -0.05) is 12.1 Å². The number of carbonyl (C=O) groups excluding carboxylic acids is 2. The maximum absolute atomic E-state index is 12.7. The first-order valence-electron chi connectivity index (χ1n) is 8.06. The van der Waals surface area contributed by atoms with Gasteiger partial charge in [-0.15, -0.1) is 11.3 Å². The van der Waals surface area contributed by atoms with Gasteiger partial charge in [0, 0.05) is 18.7 Å². The Morgan fingerprint density at radius 1 is 1.38 bits per heavy atom. The summed E-state index contributed by atoms with van der Waals surface area (Å²) in [7, 11) is 0. The molecule has 3 rings (SSSR count). The number of rotatable bonds is 4. The van der Waals surface area contributed by atoms with E-state index in [2.05, 4.69) is 4.98 Å². The maximum Gasteiger partial charge on any atom is 0.265 e. The molecule has 1 aliphatic heterocycles. The highest BCUT2D eigenvalue weighted by molar-refractivity contribution is 7.13. The Labute approximate surface area is 145 Å². The van der Waals surface area contributed by atoms with Crippen molar-refractivity contribution < 1.29 is 9.59 Å². The highest BCUT2D eigenvalue weighted by Crippen LogP contribution is 2.26. The second kappa shape index (κ2) is 6.73. The molecule has 0 saturated carbocycles. The molecule has 1 aliphatic rings. The zero-order valence-corrected chi connectivity index (χ0v) is 14.7. The first-order chi connectivity index (χ1) is 11.4. The van der Waals surface area contributed by atoms with Crippen LogP contribution >= 0.6 is 11.3 Å². The number of benzene rings is 1. The molecule has 0 aliphatic carbocycles. The van der Waals surface area contributed by atoms with Gasteiger partial charge in [0.15, 0.2) is 0 Å². The third-order valence-corrected chi connectivity index (χ3v) is 5.47. The Hall–Kier alpha value is -2.21. The average molecular weight is 343 g/mol. The van der Waals surface area contributed by atoms with Crippen molar-refractivity contribution in [3.8, 4) is 0 Å². The molecule has 126 valence electrons. The lowest BCUT2D eigenvalue weighted by molar-refractivity contribution is 0.0790. The summed E-state index contributed by atoms with van der Waals surface area (Å²) in [6, 6.07) is 7.44. The number of nitrogens with zero attached hydrogens (tertiary/aromatic N) is 2. The van der Waals surface area contributed by atoms with Crippen molar-refractivity contribution in [3.63, 3.8) is 0 Å². The van der Waals surface area contributed by atoms with E-state index in [1.54, 1.807) is 6.07 Å². The minimum absolute atomic E-state index is 0.0893. The summed E-state index contributed by atoms with van der Waals surface area (Å²) in [5.41, 5.74) is 7.79. The Morgan fingerprint density at radius 3 is 2.83 bits per heavy atom.